The van der Waals surface area contributed by atoms with Crippen molar-refractivity contribution in [2.75, 3.05) is 0 Å². The first kappa shape index (κ1) is 7.92. The summed E-state index contributed by atoms with van der Waals surface area (Å²) in [6.07, 6.45) is 6.16. The van der Waals surface area contributed by atoms with Gasteiger partial charge in [0.2, 0.25) is 0 Å². The Kier molecular flexibility index (Phi) is 1.72. The van der Waals surface area contributed by atoms with E-state index >= 15 is 0 Å². The van der Waals surface area contributed by atoms with Crippen molar-refractivity contribution in [3.63, 3.8) is 0 Å². The molecular weight excluding hydrogens is 174 g/mol. The third-order valence-electron chi connectivity index (χ3n) is 2.88. The van der Waals surface area contributed by atoms with Crippen LogP contribution >= 0.6 is 0 Å². The molecule has 0 radical (unpaired) electrons. The van der Waals surface area contributed by atoms with Gasteiger partial charge in [-0.2, -0.15) is 0 Å². The van der Waals surface area contributed by atoms with E-state index in [0.29, 0.717) is 6.10 Å². The SMILES string of the molecule is c1cc2cc(OC3CCC3)ccc2[nH]1. The van der Waals surface area contributed by atoms with Crippen molar-refractivity contribution in [3.8, 4) is 5.75 Å². The molecule has 0 amide bonds. The van der Waals surface area contributed by atoms with Gasteiger partial charge in [-0.25, -0.2) is 0 Å². The van der Waals surface area contributed by atoms with Crippen LogP contribution in [0.5, 0.6) is 5.75 Å². The zero-order chi connectivity index (χ0) is 9.38. The molecular formula is C12H13NO. The van der Waals surface area contributed by atoms with Crippen molar-refractivity contribution in [3.05, 3.63) is 30.5 Å². The second-order valence-corrected chi connectivity index (χ2v) is 3.90. The summed E-state index contributed by atoms with van der Waals surface area (Å²) >= 11 is 0. The third-order valence-corrected chi connectivity index (χ3v) is 2.88. The summed E-state index contributed by atoms with van der Waals surface area (Å²) in [4.78, 5) is 3.17. The summed E-state index contributed by atoms with van der Waals surface area (Å²) < 4.78 is 5.81. The molecule has 1 aromatic carbocycles. The lowest BCUT2D eigenvalue weighted by molar-refractivity contribution is 0.120. The molecule has 72 valence electrons. The van der Waals surface area contributed by atoms with Crippen LogP contribution in [0.15, 0.2) is 30.5 Å². The highest BCUT2D eigenvalue weighted by Gasteiger charge is 2.18. The lowest BCUT2D eigenvalue weighted by Crippen LogP contribution is -2.24. The lowest BCUT2D eigenvalue weighted by Gasteiger charge is -2.26. The van der Waals surface area contributed by atoms with Crippen LogP contribution in [0.2, 0.25) is 0 Å². The summed E-state index contributed by atoms with van der Waals surface area (Å²) in [5.74, 6) is 1.00. The first-order valence-electron chi connectivity index (χ1n) is 5.16. The van der Waals surface area contributed by atoms with Gasteiger partial charge in [-0.05, 0) is 43.5 Å². The van der Waals surface area contributed by atoms with E-state index in [0.717, 1.165) is 5.75 Å². The second kappa shape index (κ2) is 3.05. The Balaban J connectivity index is 1.88. The highest BCUT2D eigenvalue weighted by Crippen LogP contribution is 2.27. The minimum absolute atomic E-state index is 0.464. The van der Waals surface area contributed by atoms with E-state index in [1.165, 1.54) is 30.2 Å². The van der Waals surface area contributed by atoms with E-state index in [1.54, 1.807) is 0 Å². The largest absolute Gasteiger partial charge is 0.490 e. The maximum Gasteiger partial charge on any atom is 0.120 e. The molecule has 1 aliphatic rings. The van der Waals surface area contributed by atoms with E-state index in [9.17, 15) is 0 Å². The Hall–Kier alpha value is -1.44. The maximum absolute atomic E-state index is 5.81. The molecule has 2 heteroatoms. The Morgan fingerprint density at radius 1 is 1.21 bits per heavy atom. The Labute approximate surface area is 82.9 Å². The number of fused-ring (bicyclic) bond motifs is 1. The Bertz CT molecular complexity index is 442. The van der Waals surface area contributed by atoms with Crippen LogP contribution in [0, 0.1) is 0 Å². The van der Waals surface area contributed by atoms with Crippen molar-refractivity contribution in [1.29, 1.82) is 0 Å². The summed E-state index contributed by atoms with van der Waals surface area (Å²) in [5.41, 5.74) is 1.17. The molecule has 0 spiro atoms. The van der Waals surface area contributed by atoms with Crippen molar-refractivity contribution < 1.29 is 4.74 Å². The van der Waals surface area contributed by atoms with Gasteiger partial charge in [0.1, 0.15) is 5.75 Å². The minimum atomic E-state index is 0.464. The Morgan fingerprint density at radius 2 is 2.14 bits per heavy atom. The first-order valence-corrected chi connectivity index (χ1v) is 5.16. The smallest absolute Gasteiger partial charge is 0.120 e. The van der Waals surface area contributed by atoms with Gasteiger partial charge in [0.25, 0.3) is 0 Å². The van der Waals surface area contributed by atoms with Gasteiger partial charge >= 0.3 is 0 Å². The number of aromatic amines is 1. The molecule has 1 saturated carbocycles. The van der Waals surface area contributed by atoms with Gasteiger partial charge in [0.15, 0.2) is 0 Å². The van der Waals surface area contributed by atoms with Gasteiger partial charge in [-0.1, -0.05) is 0 Å². The van der Waals surface area contributed by atoms with Gasteiger partial charge in [0, 0.05) is 17.1 Å². The topological polar surface area (TPSA) is 25.0 Å². The van der Waals surface area contributed by atoms with E-state index < -0.39 is 0 Å². The van der Waals surface area contributed by atoms with Crippen LogP contribution < -0.4 is 4.74 Å². The third kappa shape index (κ3) is 1.27. The standard InChI is InChI=1S/C12H13NO/c1-2-10(3-1)14-11-4-5-12-9(8-11)6-7-13-12/h4-8,10,13H,1-3H2. The molecule has 1 aromatic heterocycles. The number of hydrogen-bond donors (Lipinski definition) is 1. The molecule has 0 bridgehead atoms. The molecule has 0 unspecified atom stereocenters. The predicted molar refractivity (Wildman–Crippen MR) is 56.6 cm³/mol. The zero-order valence-corrected chi connectivity index (χ0v) is 7.99. The van der Waals surface area contributed by atoms with Crippen molar-refractivity contribution in [2.24, 2.45) is 0 Å². The fourth-order valence-corrected chi connectivity index (χ4v) is 1.79. The molecule has 2 nitrogen and oxygen atoms in total. The molecule has 0 atom stereocenters. The van der Waals surface area contributed by atoms with Crippen LogP contribution in [0.3, 0.4) is 0 Å². The van der Waals surface area contributed by atoms with Crippen molar-refractivity contribution >= 4 is 10.9 Å². The number of hydrogen-bond acceptors (Lipinski definition) is 1. The fraction of sp³-hybridized carbons (Fsp3) is 0.333. The molecule has 1 heterocycles. The van der Waals surface area contributed by atoms with Crippen LogP contribution in [0.1, 0.15) is 19.3 Å². The van der Waals surface area contributed by atoms with Gasteiger partial charge in [0.05, 0.1) is 6.10 Å². The maximum atomic E-state index is 5.81. The molecule has 1 fully saturated rings. The first-order chi connectivity index (χ1) is 6.92. The highest BCUT2D eigenvalue weighted by molar-refractivity contribution is 5.80. The number of ether oxygens (including phenoxy) is 1. The van der Waals surface area contributed by atoms with Crippen LogP contribution in [-0.2, 0) is 0 Å². The monoisotopic (exact) mass is 187 g/mol. The summed E-state index contributed by atoms with van der Waals surface area (Å²) in [5, 5.41) is 1.22. The number of nitrogens with one attached hydrogen (secondary N) is 1. The zero-order valence-electron chi connectivity index (χ0n) is 7.99. The Morgan fingerprint density at radius 3 is 2.93 bits per heavy atom. The predicted octanol–water partition coefficient (Wildman–Crippen LogP) is 3.10. The molecule has 14 heavy (non-hydrogen) atoms. The van der Waals surface area contributed by atoms with E-state index in [1.807, 2.05) is 12.3 Å². The quantitative estimate of drug-likeness (QED) is 0.767. The van der Waals surface area contributed by atoms with Gasteiger partial charge < -0.3 is 9.72 Å². The molecule has 1 N–H and O–H groups in total. The molecule has 2 aromatic rings. The summed E-state index contributed by atoms with van der Waals surface area (Å²) in [6.45, 7) is 0. The average Bonchev–Trinajstić information content (AvgIpc) is 2.58. The molecule has 0 saturated heterocycles. The fourth-order valence-electron chi connectivity index (χ4n) is 1.79. The van der Waals surface area contributed by atoms with Gasteiger partial charge in [-0.15, -0.1) is 0 Å². The second-order valence-electron chi connectivity index (χ2n) is 3.90. The van der Waals surface area contributed by atoms with Crippen LogP contribution in [0.4, 0.5) is 0 Å². The van der Waals surface area contributed by atoms with E-state index in [-0.39, 0.29) is 0 Å². The summed E-state index contributed by atoms with van der Waals surface area (Å²) in [6, 6.07) is 8.29. The van der Waals surface area contributed by atoms with Gasteiger partial charge in [-0.3, -0.25) is 0 Å². The minimum Gasteiger partial charge on any atom is -0.490 e. The van der Waals surface area contributed by atoms with Crippen LogP contribution in [-0.4, -0.2) is 11.1 Å². The van der Waals surface area contributed by atoms with E-state index in [4.69, 9.17) is 4.74 Å². The van der Waals surface area contributed by atoms with Crippen LogP contribution in [0.25, 0.3) is 10.9 Å². The molecule has 3 rings (SSSR count). The normalized spacial score (nSPS) is 16.9. The highest BCUT2D eigenvalue weighted by atomic mass is 16.5. The number of H-pyrrole nitrogens is 1. The van der Waals surface area contributed by atoms with E-state index in [2.05, 4.69) is 23.2 Å². The number of rotatable bonds is 2. The number of aromatic nitrogens is 1. The van der Waals surface area contributed by atoms with Crippen molar-refractivity contribution in [2.45, 2.75) is 25.4 Å². The molecule has 0 aliphatic heterocycles. The number of benzene rings is 1. The average molecular weight is 187 g/mol. The molecule has 1 aliphatic carbocycles. The lowest BCUT2D eigenvalue weighted by atomic mass is 9.96. The van der Waals surface area contributed by atoms with Crippen molar-refractivity contribution in [1.82, 2.24) is 4.98 Å². The summed E-state index contributed by atoms with van der Waals surface area (Å²) in [7, 11) is 0.